The molecule has 5 nitrogen and oxygen atoms in total. The third-order valence-electron chi connectivity index (χ3n) is 12.3. The minimum atomic E-state index is -0.652. The Labute approximate surface area is 235 Å². The first-order chi connectivity index (χ1) is 18.7. The van der Waals surface area contributed by atoms with Crippen molar-refractivity contribution in [1.82, 2.24) is 5.32 Å². The van der Waals surface area contributed by atoms with Crippen LogP contribution in [0.3, 0.4) is 0 Å². The predicted molar refractivity (Wildman–Crippen MR) is 154 cm³/mol. The van der Waals surface area contributed by atoms with Crippen molar-refractivity contribution in [2.75, 3.05) is 7.11 Å². The minimum absolute atomic E-state index is 0.0534. The van der Waals surface area contributed by atoms with E-state index in [1.54, 1.807) is 0 Å². The lowest BCUT2D eigenvalue weighted by atomic mass is 9.44. The quantitative estimate of drug-likeness (QED) is 0.380. The number of hydrogen-bond donors (Lipinski definition) is 2. The van der Waals surface area contributed by atoms with Crippen molar-refractivity contribution in [3.8, 4) is 0 Å². The van der Waals surface area contributed by atoms with Gasteiger partial charge in [-0.1, -0.05) is 51.1 Å². The molecule has 0 radical (unpaired) electrons. The molecular weight excluding hydrogens is 486 g/mol. The summed E-state index contributed by atoms with van der Waals surface area (Å²) in [4.78, 5) is 25.4. The van der Waals surface area contributed by atoms with Crippen molar-refractivity contribution >= 4 is 11.9 Å². The normalized spacial score (nSPS) is 39.0. The van der Waals surface area contributed by atoms with Crippen LogP contribution in [-0.2, 0) is 20.7 Å². The Bertz CT molecular complexity index is 1010. The maximum atomic E-state index is 13.0. The van der Waals surface area contributed by atoms with E-state index in [2.05, 4.69) is 26.1 Å². The molecule has 4 saturated carbocycles. The lowest BCUT2D eigenvalue weighted by Gasteiger charge is -2.61. The fraction of sp³-hybridized carbons (Fsp3) is 0.765. The Morgan fingerprint density at radius 3 is 2.46 bits per heavy atom. The zero-order valence-corrected chi connectivity index (χ0v) is 24.7. The van der Waals surface area contributed by atoms with Gasteiger partial charge in [0.15, 0.2) is 0 Å². The molecule has 5 rings (SSSR count). The van der Waals surface area contributed by atoms with Crippen molar-refractivity contribution < 1.29 is 19.4 Å². The van der Waals surface area contributed by atoms with E-state index in [0.29, 0.717) is 41.4 Å². The summed E-state index contributed by atoms with van der Waals surface area (Å²) in [5, 5.41) is 13.3. The van der Waals surface area contributed by atoms with E-state index < -0.39 is 6.04 Å². The summed E-state index contributed by atoms with van der Waals surface area (Å²) in [6.07, 6.45) is 12.8. The first-order valence-electron chi connectivity index (χ1n) is 15.7. The van der Waals surface area contributed by atoms with Crippen LogP contribution in [0.4, 0.5) is 0 Å². The zero-order valence-electron chi connectivity index (χ0n) is 24.7. The summed E-state index contributed by atoms with van der Waals surface area (Å²) < 4.78 is 4.99. The van der Waals surface area contributed by atoms with Crippen molar-refractivity contribution in [3.05, 3.63) is 35.9 Å². The predicted octanol–water partition coefficient (Wildman–Crippen LogP) is 6.32. The second-order valence-electron chi connectivity index (χ2n) is 14.2. The highest BCUT2D eigenvalue weighted by Crippen LogP contribution is 2.68. The van der Waals surface area contributed by atoms with Crippen molar-refractivity contribution in [3.63, 3.8) is 0 Å². The number of hydrogen-bond acceptors (Lipinski definition) is 4. The molecule has 5 heteroatoms. The molecule has 1 aromatic carbocycles. The monoisotopic (exact) mass is 537 g/mol. The average molecular weight is 538 g/mol. The van der Waals surface area contributed by atoms with Crippen LogP contribution >= 0.6 is 0 Å². The maximum absolute atomic E-state index is 13.0. The third-order valence-corrected chi connectivity index (χ3v) is 12.3. The van der Waals surface area contributed by atoms with Gasteiger partial charge in [0.05, 0.1) is 13.2 Å². The van der Waals surface area contributed by atoms with Crippen molar-refractivity contribution in [2.24, 2.45) is 46.3 Å². The number of esters is 1. The standard InChI is InChI=1S/C34H51NO4/c1-22(10-15-31(37)35-30(32(38)39-4)20-23-8-6-5-7-9-23)27-13-14-28-26-12-11-24-21-25(36)16-18-33(24,2)29(26)17-19-34(27,28)3/h5-9,22,24-30,36H,10-21H2,1-4H3,(H,35,37). The number of aliphatic hydroxyl groups is 1. The maximum Gasteiger partial charge on any atom is 0.328 e. The van der Waals surface area contributed by atoms with Crippen LogP contribution in [0.25, 0.3) is 0 Å². The number of aliphatic hydroxyl groups excluding tert-OH is 1. The molecule has 0 bridgehead atoms. The van der Waals surface area contributed by atoms with Gasteiger partial charge in [-0.15, -0.1) is 0 Å². The molecule has 0 spiro atoms. The molecule has 1 aromatic rings. The molecule has 1 amide bonds. The highest BCUT2D eigenvalue weighted by Gasteiger charge is 2.60. The topological polar surface area (TPSA) is 75.6 Å². The van der Waals surface area contributed by atoms with E-state index in [9.17, 15) is 14.7 Å². The van der Waals surface area contributed by atoms with Crippen molar-refractivity contribution in [2.45, 2.75) is 110 Å². The summed E-state index contributed by atoms with van der Waals surface area (Å²) in [6.45, 7) is 7.50. The van der Waals surface area contributed by atoms with Gasteiger partial charge in [0.1, 0.15) is 6.04 Å². The molecular formula is C34H51NO4. The third kappa shape index (κ3) is 5.54. The Kier molecular flexibility index (Phi) is 8.48. The number of fused-ring (bicyclic) bond motifs is 5. The van der Waals surface area contributed by atoms with Gasteiger partial charge in [-0.3, -0.25) is 4.79 Å². The summed E-state index contributed by atoms with van der Waals surface area (Å²) in [6, 6.07) is 9.13. The van der Waals surface area contributed by atoms with Crippen molar-refractivity contribution in [1.29, 1.82) is 0 Å². The van der Waals surface area contributed by atoms with Gasteiger partial charge < -0.3 is 15.2 Å². The number of methoxy groups -OCH3 is 1. The molecule has 0 aromatic heterocycles. The van der Waals surface area contributed by atoms with E-state index in [4.69, 9.17) is 4.74 Å². The molecule has 39 heavy (non-hydrogen) atoms. The number of amides is 1. The number of rotatable bonds is 8. The zero-order chi connectivity index (χ0) is 27.8. The number of nitrogens with one attached hydrogen (secondary N) is 1. The fourth-order valence-electron chi connectivity index (χ4n) is 10.2. The van der Waals surface area contributed by atoms with Gasteiger partial charge in [-0.2, -0.15) is 0 Å². The molecule has 2 N–H and O–H groups in total. The molecule has 4 aliphatic rings. The van der Waals surface area contributed by atoms with E-state index in [-0.39, 0.29) is 18.0 Å². The van der Waals surface area contributed by atoms with Gasteiger partial charge in [0, 0.05) is 12.8 Å². The van der Waals surface area contributed by atoms with Crippen LogP contribution in [0.2, 0.25) is 0 Å². The van der Waals surface area contributed by atoms with Crippen LogP contribution in [0.15, 0.2) is 30.3 Å². The molecule has 0 saturated heterocycles. The van der Waals surface area contributed by atoms with E-state index >= 15 is 0 Å². The van der Waals surface area contributed by atoms with Gasteiger partial charge in [-0.05, 0) is 116 Å². The fourth-order valence-corrected chi connectivity index (χ4v) is 10.2. The minimum Gasteiger partial charge on any atom is -0.467 e. The number of carbonyl (C=O) groups is 2. The number of benzene rings is 1. The highest BCUT2D eigenvalue weighted by molar-refractivity contribution is 5.84. The second-order valence-corrected chi connectivity index (χ2v) is 14.2. The number of ether oxygens (including phenoxy) is 1. The molecule has 0 heterocycles. The Balaban J connectivity index is 1.18. The molecule has 4 aliphatic carbocycles. The smallest absolute Gasteiger partial charge is 0.328 e. The molecule has 0 aliphatic heterocycles. The van der Waals surface area contributed by atoms with E-state index in [1.165, 1.54) is 52.1 Å². The summed E-state index contributed by atoms with van der Waals surface area (Å²) in [5.41, 5.74) is 1.80. The Hall–Kier alpha value is -1.88. The Morgan fingerprint density at radius 2 is 1.72 bits per heavy atom. The molecule has 216 valence electrons. The van der Waals surface area contributed by atoms with Gasteiger partial charge in [-0.25, -0.2) is 4.79 Å². The molecule has 4 fully saturated rings. The van der Waals surface area contributed by atoms with Gasteiger partial charge in [0.25, 0.3) is 0 Å². The van der Waals surface area contributed by atoms with Gasteiger partial charge in [0.2, 0.25) is 5.91 Å². The SMILES string of the molecule is COC(=O)C(Cc1ccccc1)NC(=O)CCC(C)C1CCC2C3CCC4CC(O)CCC4(C)C3CCC12C. The van der Waals surface area contributed by atoms with Crippen LogP contribution in [0.1, 0.15) is 97.0 Å². The largest absolute Gasteiger partial charge is 0.467 e. The van der Waals surface area contributed by atoms with Crippen LogP contribution in [0.5, 0.6) is 0 Å². The lowest BCUT2D eigenvalue weighted by Crippen LogP contribution is -2.54. The highest BCUT2D eigenvalue weighted by atomic mass is 16.5. The van der Waals surface area contributed by atoms with E-state index in [1.807, 2.05) is 30.3 Å². The average Bonchev–Trinajstić information content (AvgIpc) is 3.29. The van der Waals surface area contributed by atoms with E-state index in [0.717, 1.165) is 42.6 Å². The summed E-state index contributed by atoms with van der Waals surface area (Å²) >= 11 is 0. The summed E-state index contributed by atoms with van der Waals surface area (Å²) in [5.74, 6) is 3.87. The number of carbonyl (C=O) groups excluding carboxylic acids is 2. The first kappa shape index (κ1) is 28.6. The first-order valence-corrected chi connectivity index (χ1v) is 15.7. The van der Waals surface area contributed by atoms with Crippen LogP contribution in [-0.4, -0.2) is 36.2 Å². The van der Waals surface area contributed by atoms with Crippen LogP contribution < -0.4 is 5.32 Å². The second kappa shape index (κ2) is 11.5. The van der Waals surface area contributed by atoms with Gasteiger partial charge >= 0.3 is 5.97 Å². The summed E-state index contributed by atoms with van der Waals surface area (Å²) in [7, 11) is 1.38. The lowest BCUT2D eigenvalue weighted by molar-refractivity contribution is -0.145. The molecule has 10 atom stereocenters. The van der Waals surface area contributed by atoms with Crippen LogP contribution in [0, 0.1) is 46.3 Å². The molecule has 10 unspecified atom stereocenters. The Morgan fingerprint density at radius 1 is 1.00 bits per heavy atom.